The lowest BCUT2D eigenvalue weighted by Gasteiger charge is -2.13. The predicted molar refractivity (Wildman–Crippen MR) is 67.3 cm³/mol. The van der Waals surface area contributed by atoms with Crippen LogP contribution in [0.1, 0.15) is 46.5 Å². The van der Waals surface area contributed by atoms with E-state index in [9.17, 15) is 4.79 Å². The molecule has 2 N–H and O–H groups in total. The van der Waals surface area contributed by atoms with Crippen molar-refractivity contribution >= 4 is 5.91 Å². The first kappa shape index (κ1) is 13.5. The molecule has 3 nitrogen and oxygen atoms in total. The van der Waals surface area contributed by atoms with Crippen molar-refractivity contribution in [2.75, 3.05) is 19.6 Å². The van der Waals surface area contributed by atoms with Gasteiger partial charge >= 0.3 is 0 Å². The summed E-state index contributed by atoms with van der Waals surface area (Å²) in [6.07, 6.45) is 4.94. The first-order chi connectivity index (χ1) is 7.58. The maximum atomic E-state index is 11.4. The molecule has 1 aliphatic rings. The van der Waals surface area contributed by atoms with Crippen molar-refractivity contribution in [3.05, 3.63) is 0 Å². The van der Waals surface area contributed by atoms with Crippen molar-refractivity contribution in [1.82, 2.24) is 10.6 Å². The third-order valence-corrected chi connectivity index (χ3v) is 3.54. The van der Waals surface area contributed by atoms with Gasteiger partial charge in [0.15, 0.2) is 0 Å². The van der Waals surface area contributed by atoms with Crippen LogP contribution in [-0.4, -0.2) is 25.5 Å². The van der Waals surface area contributed by atoms with Crippen molar-refractivity contribution in [3.63, 3.8) is 0 Å². The second-order valence-corrected chi connectivity index (χ2v) is 5.49. The van der Waals surface area contributed by atoms with E-state index in [0.717, 1.165) is 19.5 Å². The molecule has 94 valence electrons. The van der Waals surface area contributed by atoms with Crippen LogP contribution in [-0.2, 0) is 4.79 Å². The van der Waals surface area contributed by atoms with Crippen molar-refractivity contribution in [3.8, 4) is 0 Å². The summed E-state index contributed by atoms with van der Waals surface area (Å²) in [5.74, 6) is 0.788. The summed E-state index contributed by atoms with van der Waals surface area (Å²) >= 11 is 0. The van der Waals surface area contributed by atoms with E-state index in [0.29, 0.717) is 17.9 Å². The molecule has 0 radical (unpaired) electrons. The minimum atomic E-state index is 0.132. The fourth-order valence-electron chi connectivity index (χ4n) is 1.84. The lowest BCUT2D eigenvalue weighted by molar-refractivity contribution is -0.120. The number of carbonyl (C=O) groups excluding carboxylic acids is 1. The van der Waals surface area contributed by atoms with Gasteiger partial charge in [0.2, 0.25) is 5.91 Å². The zero-order valence-electron chi connectivity index (χ0n) is 10.9. The predicted octanol–water partition coefficient (Wildman–Crippen LogP) is 1.93. The van der Waals surface area contributed by atoms with Gasteiger partial charge in [0, 0.05) is 13.1 Å². The van der Waals surface area contributed by atoms with Gasteiger partial charge in [0.25, 0.3) is 0 Å². The molecule has 0 saturated heterocycles. The van der Waals surface area contributed by atoms with E-state index in [1.54, 1.807) is 0 Å². The van der Waals surface area contributed by atoms with Crippen LogP contribution in [0.3, 0.4) is 0 Å². The fourth-order valence-corrected chi connectivity index (χ4v) is 1.84. The van der Waals surface area contributed by atoms with E-state index in [1.165, 1.54) is 19.3 Å². The highest BCUT2D eigenvalue weighted by atomic mass is 16.1. The molecule has 0 heterocycles. The Morgan fingerprint density at radius 3 is 2.56 bits per heavy atom. The molecular weight excluding hydrogens is 200 g/mol. The molecule has 1 saturated carbocycles. The molecule has 0 bridgehead atoms. The largest absolute Gasteiger partial charge is 0.355 e. The van der Waals surface area contributed by atoms with Crippen LogP contribution >= 0.6 is 0 Å². The minimum absolute atomic E-state index is 0.132. The Bertz CT molecular complexity index is 222. The van der Waals surface area contributed by atoms with Crippen molar-refractivity contribution in [2.45, 2.75) is 46.5 Å². The van der Waals surface area contributed by atoms with E-state index in [4.69, 9.17) is 0 Å². The third-order valence-electron chi connectivity index (χ3n) is 3.54. The zero-order chi connectivity index (χ0) is 12.0. The summed E-state index contributed by atoms with van der Waals surface area (Å²) in [5.41, 5.74) is 0.526. The van der Waals surface area contributed by atoms with Gasteiger partial charge in [-0.2, -0.15) is 0 Å². The Morgan fingerprint density at radius 2 is 2.06 bits per heavy atom. The molecule has 0 aromatic carbocycles. The van der Waals surface area contributed by atoms with E-state index < -0.39 is 0 Å². The molecule has 0 aromatic heterocycles. The van der Waals surface area contributed by atoms with E-state index in [-0.39, 0.29) is 5.91 Å². The Balaban J connectivity index is 1.98. The normalized spacial score (nSPS) is 17.5. The van der Waals surface area contributed by atoms with E-state index in [1.807, 2.05) is 0 Å². The second kappa shape index (κ2) is 6.24. The van der Waals surface area contributed by atoms with Crippen LogP contribution in [0.2, 0.25) is 0 Å². The second-order valence-electron chi connectivity index (χ2n) is 5.49. The number of carbonyl (C=O) groups is 1. The van der Waals surface area contributed by atoms with Crippen LogP contribution < -0.4 is 10.6 Å². The minimum Gasteiger partial charge on any atom is -0.355 e. The molecule has 1 rings (SSSR count). The molecular formula is C13H26N2O. The Labute approximate surface area is 99.4 Å². The molecule has 0 unspecified atom stereocenters. The van der Waals surface area contributed by atoms with Crippen molar-refractivity contribution in [1.29, 1.82) is 0 Å². The van der Waals surface area contributed by atoms with Crippen LogP contribution in [0, 0.1) is 11.3 Å². The summed E-state index contributed by atoms with van der Waals surface area (Å²) in [4.78, 5) is 11.4. The summed E-state index contributed by atoms with van der Waals surface area (Å²) in [5, 5.41) is 6.20. The van der Waals surface area contributed by atoms with Gasteiger partial charge in [0.1, 0.15) is 0 Å². The Morgan fingerprint density at radius 1 is 1.38 bits per heavy atom. The van der Waals surface area contributed by atoms with Crippen LogP contribution in [0.4, 0.5) is 0 Å². The van der Waals surface area contributed by atoms with Crippen LogP contribution in [0.25, 0.3) is 0 Å². The Kier molecular flexibility index (Phi) is 5.26. The van der Waals surface area contributed by atoms with Gasteiger partial charge in [-0.1, -0.05) is 20.8 Å². The van der Waals surface area contributed by atoms with Gasteiger partial charge in [-0.25, -0.2) is 0 Å². The first-order valence-electron chi connectivity index (χ1n) is 6.55. The maximum Gasteiger partial charge on any atom is 0.233 e. The van der Waals surface area contributed by atoms with Gasteiger partial charge in [-0.15, -0.1) is 0 Å². The number of rotatable bonds is 8. The number of nitrogens with one attached hydrogen (secondary N) is 2. The van der Waals surface area contributed by atoms with Crippen LogP contribution in [0.5, 0.6) is 0 Å². The Hall–Kier alpha value is -0.570. The maximum absolute atomic E-state index is 11.4. The third kappa shape index (κ3) is 4.97. The van der Waals surface area contributed by atoms with Gasteiger partial charge < -0.3 is 10.6 Å². The van der Waals surface area contributed by atoms with Crippen molar-refractivity contribution < 1.29 is 4.79 Å². The highest BCUT2D eigenvalue weighted by Crippen LogP contribution is 2.47. The van der Waals surface area contributed by atoms with Crippen molar-refractivity contribution in [2.24, 2.45) is 11.3 Å². The first-order valence-corrected chi connectivity index (χ1v) is 6.55. The average molecular weight is 226 g/mol. The van der Waals surface area contributed by atoms with E-state index >= 15 is 0 Å². The van der Waals surface area contributed by atoms with Gasteiger partial charge in [-0.05, 0) is 37.0 Å². The average Bonchev–Trinajstić information content (AvgIpc) is 2.98. The topological polar surface area (TPSA) is 41.1 Å². The molecule has 1 fully saturated rings. The highest BCUT2D eigenvalue weighted by Gasteiger charge is 2.39. The standard InChI is InChI=1S/C13H26N2O/c1-4-13(6-7-13)10-14-9-12(16)15-8-5-11(2)3/h11,14H,4-10H2,1-3H3,(H,15,16). The molecule has 16 heavy (non-hydrogen) atoms. The summed E-state index contributed by atoms with van der Waals surface area (Å²) in [6.45, 7) is 8.85. The van der Waals surface area contributed by atoms with Gasteiger partial charge in [-0.3, -0.25) is 4.79 Å². The van der Waals surface area contributed by atoms with Crippen LogP contribution in [0.15, 0.2) is 0 Å². The zero-order valence-corrected chi connectivity index (χ0v) is 10.9. The molecule has 0 spiro atoms. The molecule has 3 heteroatoms. The monoisotopic (exact) mass is 226 g/mol. The number of amides is 1. The number of hydrogen-bond acceptors (Lipinski definition) is 2. The summed E-state index contributed by atoms with van der Waals surface area (Å²) in [6, 6.07) is 0. The highest BCUT2D eigenvalue weighted by molar-refractivity contribution is 5.77. The molecule has 1 aliphatic carbocycles. The number of hydrogen-bond donors (Lipinski definition) is 2. The molecule has 1 amide bonds. The fraction of sp³-hybridized carbons (Fsp3) is 0.923. The van der Waals surface area contributed by atoms with E-state index in [2.05, 4.69) is 31.4 Å². The van der Waals surface area contributed by atoms with Gasteiger partial charge in [0.05, 0.1) is 6.54 Å². The molecule has 0 atom stereocenters. The SMILES string of the molecule is CCC1(CNCC(=O)NCCC(C)C)CC1. The molecule has 0 aromatic rings. The lowest BCUT2D eigenvalue weighted by Crippen LogP contribution is -2.37. The summed E-state index contributed by atoms with van der Waals surface area (Å²) < 4.78 is 0. The quantitative estimate of drug-likeness (QED) is 0.664. The molecule has 0 aliphatic heterocycles. The lowest BCUT2D eigenvalue weighted by atomic mass is 10.0. The summed E-state index contributed by atoms with van der Waals surface area (Å²) in [7, 11) is 0. The smallest absolute Gasteiger partial charge is 0.233 e.